The molecule has 1 amide bonds. The summed E-state index contributed by atoms with van der Waals surface area (Å²) in [4.78, 5) is 18.7. The first-order valence-electron chi connectivity index (χ1n) is 8.25. The average molecular weight is 418 g/mol. The van der Waals surface area contributed by atoms with E-state index in [1.54, 1.807) is 0 Å². The van der Waals surface area contributed by atoms with Crippen LogP contribution in [0.5, 0.6) is 0 Å². The third-order valence-corrected chi connectivity index (χ3v) is 5.79. The second-order valence-electron chi connectivity index (χ2n) is 6.04. The average Bonchev–Trinajstić information content (AvgIpc) is 2.92. The van der Waals surface area contributed by atoms with Crippen molar-refractivity contribution in [2.75, 3.05) is 11.1 Å². The minimum atomic E-state index is -0.208. The van der Waals surface area contributed by atoms with Crippen LogP contribution in [0.4, 0.5) is 11.4 Å². The van der Waals surface area contributed by atoms with Crippen molar-refractivity contribution in [3.63, 3.8) is 0 Å². The SMILES string of the molecule is CCCCc1ccc2c(N)c(C(=O)Nc3ccc(C)cc3Br)sc2n1. The molecule has 3 N–H and O–H groups in total. The minimum absolute atomic E-state index is 0.208. The quantitative estimate of drug-likeness (QED) is 0.571. The zero-order valence-electron chi connectivity index (χ0n) is 14.2. The summed E-state index contributed by atoms with van der Waals surface area (Å²) in [6.45, 7) is 4.16. The molecule has 0 atom stereocenters. The third kappa shape index (κ3) is 3.85. The Morgan fingerprint density at radius 1 is 1.32 bits per heavy atom. The Kier molecular flexibility index (Phi) is 5.39. The van der Waals surface area contributed by atoms with Crippen LogP contribution in [0.15, 0.2) is 34.8 Å². The summed E-state index contributed by atoms with van der Waals surface area (Å²) < 4.78 is 0.848. The van der Waals surface area contributed by atoms with E-state index in [-0.39, 0.29) is 5.91 Å². The molecule has 0 bridgehead atoms. The molecule has 0 aliphatic rings. The number of amides is 1. The first-order valence-corrected chi connectivity index (χ1v) is 9.86. The number of carbonyl (C=O) groups excluding carboxylic acids is 1. The van der Waals surface area contributed by atoms with E-state index < -0.39 is 0 Å². The molecule has 0 unspecified atom stereocenters. The molecule has 0 spiro atoms. The number of anilines is 2. The number of thiophene rings is 1. The van der Waals surface area contributed by atoms with E-state index in [0.29, 0.717) is 10.6 Å². The molecule has 0 aliphatic heterocycles. The van der Waals surface area contributed by atoms with Gasteiger partial charge in [-0.2, -0.15) is 0 Å². The van der Waals surface area contributed by atoms with E-state index in [2.05, 4.69) is 33.2 Å². The van der Waals surface area contributed by atoms with Gasteiger partial charge in [0.2, 0.25) is 0 Å². The number of nitrogens with one attached hydrogen (secondary N) is 1. The van der Waals surface area contributed by atoms with Crippen LogP contribution in [0.2, 0.25) is 0 Å². The van der Waals surface area contributed by atoms with Crippen molar-refractivity contribution in [2.45, 2.75) is 33.1 Å². The van der Waals surface area contributed by atoms with Crippen molar-refractivity contribution in [1.29, 1.82) is 0 Å². The molecule has 2 aromatic heterocycles. The summed E-state index contributed by atoms with van der Waals surface area (Å²) in [7, 11) is 0. The molecule has 0 saturated carbocycles. The largest absolute Gasteiger partial charge is 0.397 e. The normalized spacial score (nSPS) is 11.0. The van der Waals surface area contributed by atoms with Gasteiger partial charge in [0.05, 0.1) is 11.4 Å². The van der Waals surface area contributed by atoms with Gasteiger partial charge in [-0.25, -0.2) is 4.98 Å². The lowest BCUT2D eigenvalue weighted by Gasteiger charge is -2.07. The topological polar surface area (TPSA) is 68.0 Å². The number of aromatic nitrogens is 1. The van der Waals surface area contributed by atoms with E-state index in [9.17, 15) is 4.79 Å². The molecule has 6 heteroatoms. The van der Waals surface area contributed by atoms with Gasteiger partial charge in [0.25, 0.3) is 5.91 Å². The van der Waals surface area contributed by atoms with Gasteiger partial charge in [0.15, 0.2) is 0 Å². The van der Waals surface area contributed by atoms with Crippen LogP contribution < -0.4 is 11.1 Å². The van der Waals surface area contributed by atoms with Crippen LogP contribution in [0, 0.1) is 6.92 Å². The lowest BCUT2D eigenvalue weighted by molar-refractivity contribution is 0.103. The van der Waals surface area contributed by atoms with Crippen LogP contribution in [0.1, 0.15) is 40.7 Å². The number of rotatable bonds is 5. The van der Waals surface area contributed by atoms with Crippen LogP contribution >= 0.6 is 27.3 Å². The highest BCUT2D eigenvalue weighted by molar-refractivity contribution is 9.10. The highest BCUT2D eigenvalue weighted by Gasteiger charge is 2.18. The predicted octanol–water partition coefficient (Wildman–Crippen LogP) is 5.54. The van der Waals surface area contributed by atoms with Crippen molar-refractivity contribution in [1.82, 2.24) is 4.98 Å². The van der Waals surface area contributed by atoms with Gasteiger partial charge in [-0.3, -0.25) is 4.79 Å². The maximum absolute atomic E-state index is 12.7. The molecule has 1 aromatic carbocycles. The number of nitrogens with zero attached hydrogens (tertiary/aromatic N) is 1. The number of unbranched alkanes of at least 4 members (excludes halogenated alkanes) is 1. The number of carbonyl (C=O) groups is 1. The number of pyridine rings is 1. The minimum Gasteiger partial charge on any atom is -0.397 e. The first-order chi connectivity index (χ1) is 12.0. The molecular weight excluding hydrogens is 398 g/mol. The van der Waals surface area contributed by atoms with Crippen molar-refractivity contribution >= 4 is 54.8 Å². The monoisotopic (exact) mass is 417 g/mol. The Bertz CT molecular complexity index is 936. The predicted molar refractivity (Wildman–Crippen MR) is 109 cm³/mol. The fraction of sp³-hybridized carbons (Fsp3) is 0.263. The highest BCUT2D eigenvalue weighted by Crippen LogP contribution is 2.34. The molecule has 0 fully saturated rings. The van der Waals surface area contributed by atoms with Gasteiger partial charge in [-0.1, -0.05) is 19.4 Å². The smallest absolute Gasteiger partial charge is 0.267 e. The van der Waals surface area contributed by atoms with E-state index in [0.717, 1.165) is 50.9 Å². The lowest BCUT2D eigenvalue weighted by Crippen LogP contribution is -2.12. The summed E-state index contributed by atoms with van der Waals surface area (Å²) in [5.74, 6) is -0.208. The van der Waals surface area contributed by atoms with E-state index in [1.165, 1.54) is 11.3 Å². The maximum atomic E-state index is 12.7. The fourth-order valence-corrected chi connectivity index (χ4v) is 4.20. The molecule has 0 saturated heterocycles. The number of benzene rings is 1. The Hall–Kier alpha value is -1.92. The van der Waals surface area contributed by atoms with Crippen molar-refractivity contribution in [2.24, 2.45) is 0 Å². The number of halogens is 1. The Morgan fingerprint density at radius 2 is 2.12 bits per heavy atom. The van der Waals surface area contributed by atoms with Gasteiger partial charge in [-0.05, 0) is 65.5 Å². The zero-order chi connectivity index (χ0) is 18.0. The Labute approximate surface area is 159 Å². The summed E-state index contributed by atoms with van der Waals surface area (Å²) in [5.41, 5.74) is 9.59. The number of hydrogen-bond donors (Lipinski definition) is 2. The number of fused-ring (bicyclic) bond motifs is 1. The number of nitrogen functional groups attached to an aromatic ring is 1. The summed E-state index contributed by atoms with van der Waals surface area (Å²) in [6, 6.07) is 9.76. The third-order valence-electron chi connectivity index (χ3n) is 4.02. The van der Waals surface area contributed by atoms with Crippen molar-refractivity contribution < 1.29 is 4.79 Å². The Morgan fingerprint density at radius 3 is 2.84 bits per heavy atom. The van der Waals surface area contributed by atoms with Gasteiger partial charge in [0, 0.05) is 15.6 Å². The molecule has 2 heterocycles. The van der Waals surface area contributed by atoms with Crippen LogP contribution in [-0.2, 0) is 6.42 Å². The first kappa shape index (κ1) is 17.9. The van der Waals surface area contributed by atoms with E-state index >= 15 is 0 Å². The number of nitrogens with two attached hydrogens (primary N) is 1. The molecule has 0 aliphatic carbocycles. The molecule has 4 nitrogen and oxygen atoms in total. The second kappa shape index (κ2) is 7.54. The van der Waals surface area contributed by atoms with Gasteiger partial charge < -0.3 is 11.1 Å². The van der Waals surface area contributed by atoms with Gasteiger partial charge in [0.1, 0.15) is 9.71 Å². The Balaban J connectivity index is 1.89. The van der Waals surface area contributed by atoms with Crippen LogP contribution in [0.25, 0.3) is 10.2 Å². The molecule has 25 heavy (non-hydrogen) atoms. The highest BCUT2D eigenvalue weighted by atomic mass is 79.9. The summed E-state index contributed by atoms with van der Waals surface area (Å²) >= 11 is 4.82. The van der Waals surface area contributed by atoms with Crippen LogP contribution in [-0.4, -0.2) is 10.9 Å². The fourth-order valence-electron chi connectivity index (χ4n) is 2.60. The van der Waals surface area contributed by atoms with Crippen molar-refractivity contribution in [3.8, 4) is 0 Å². The number of hydrogen-bond acceptors (Lipinski definition) is 4. The van der Waals surface area contributed by atoms with E-state index in [1.807, 2.05) is 37.3 Å². The second-order valence-corrected chi connectivity index (χ2v) is 7.89. The van der Waals surface area contributed by atoms with Crippen molar-refractivity contribution in [3.05, 3.63) is 50.9 Å². The maximum Gasteiger partial charge on any atom is 0.267 e. The molecular formula is C19H20BrN3OS. The number of aryl methyl sites for hydroxylation is 2. The molecule has 3 rings (SSSR count). The molecule has 0 radical (unpaired) electrons. The summed E-state index contributed by atoms with van der Waals surface area (Å²) in [6.07, 6.45) is 3.18. The molecule has 130 valence electrons. The van der Waals surface area contributed by atoms with E-state index in [4.69, 9.17) is 5.73 Å². The summed E-state index contributed by atoms with van der Waals surface area (Å²) in [5, 5.41) is 3.77. The van der Waals surface area contributed by atoms with Crippen LogP contribution in [0.3, 0.4) is 0 Å². The molecule has 3 aromatic rings. The van der Waals surface area contributed by atoms with Gasteiger partial charge in [-0.15, -0.1) is 11.3 Å². The lowest BCUT2D eigenvalue weighted by atomic mass is 10.1. The zero-order valence-corrected chi connectivity index (χ0v) is 16.6. The standard InChI is InChI=1S/C19H20BrN3OS/c1-3-4-5-12-7-8-13-16(21)17(25-19(13)22-12)18(24)23-15-9-6-11(2)10-14(15)20/h6-10H,3-5,21H2,1-2H3,(H,23,24). The van der Waals surface area contributed by atoms with Gasteiger partial charge >= 0.3 is 0 Å².